The van der Waals surface area contributed by atoms with Crippen LogP contribution < -0.4 is 11.5 Å². The highest BCUT2D eigenvalue weighted by molar-refractivity contribution is 6.74. The Morgan fingerprint density at radius 2 is 1.69 bits per heavy atom. The van der Waals surface area contributed by atoms with E-state index in [4.69, 9.17) is 25.1 Å². The van der Waals surface area contributed by atoms with Crippen LogP contribution in [0.5, 0.6) is 0 Å². The Bertz CT molecular complexity index is 829. The molecule has 1 aliphatic heterocycles. The van der Waals surface area contributed by atoms with Crippen molar-refractivity contribution in [3.63, 3.8) is 0 Å². The summed E-state index contributed by atoms with van der Waals surface area (Å²) in [5.41, 5.74) is 11.5. The molecule has 2 rings (SSSR count). The first-order chi connectivity index (χ1) is 14.3. The molecule has 9 nitrogen and oxygen atoms in total. The van der Waals surface area contributed by atoms with Crippen LogP contribution >= 0.6 is 0 Å². The number of carbonyl (C=O) groups is 1. The first-order valence-electron chi connectivity index (χ1n) is 11.1. The zero-order chi connectivity index (χ0) is 24.9. The van der Waals surface area contributed by atoms with E-state index in [0.29, 0.717) is 0 Å². The predicted octanol–water partition coefficient (Wildman–Crippen LogP) is 3.23. The van der Waals surface area contributed by atoms with Crippen LogP contribution in [0.2, 0.25) is 36.3 Å². The van der Waals surface area contributed by atoms with Gasteiger partial charge >= 0.3 is 0 Å². The molecule has 11 heteroatoms. The normalized spacial score (nSPS) is 25.3. The van der Waals surface area contributed by atoms with Crippen molar-refractivity contribution < 1.29 is 23.5 Å². The Kier molecular flexibility index (Phi) is 7.46. The van der Waals surface area contributed by atoms with Gasteiger partial charge in [-0.1, -0.05) is 41.5 Å². The van der Waals surface area contributed by atoms with Gasteiger partial charge in [0.15, 0.2) is 28.6 Å². The van der Waals surface area contributed by atoms with Crippen molar-refractivity contribution in [2.75, 3.05) is 12.3 Å². The number of nitrogens with two attached hydrogens (primary N) is 2. The number of ether oxygens (including phenoxy) is 1. The molecule has 0 radical (unpaired) electrons. The minimum absolute atomic E-state index is 0.0260. The van der Waals surface area contributed by atoms with Crippen LogP contribution in [0.25, 0.3) is 0 Å². The fraction of sp³-hybridized carbons (Fsp3) is 0.810. The lowest BCUT2D eigenvalue weighted by Gasteiger charge is -2.40. The first kappa shape index (κ1) is 27.0. The van der Waals surface area contributed by atoms with Gasteiger partial charge in [-0.2, -0.15) is 0 Å². The number of amides is 1. The molecule has 0 aromatic carbocycles. The Morgan fingerprint density at radius 1 is 1.16 bits per heavy atom. The lowest BCUT2D eigenvalue weighted by Crippen LogP contribution is -2.49. The topological polar surface area (TPSA) is 135 Å². The summed E-state index contributed by atoms with van der Waals surface area (Å²) in [6.07, 6.45) is -1.58. The number of rotatable bonds is 7. The highest BCUT2D eigenvalue weighted by Crippen LogP contribution is 2.43. The minimum atomic E-state index is -2.28. The summed E-state index contributed by atoms with van der Waals surface area (Å²) in [6, 6.07) is 0. The van der Waals surface area contributed by atoms with Crippen LogP contribution in [0.15, 0.2) is 6.33 Å². The number of hydrogen-bond acceptors (Lipinski definition) is 7. The Hall–Kier alpha value is -1.25. The molecule has 2 heterocycles. The molecule has 32 heavy (non-hydrogen) atoms. The molecule has 0 unspecified atom stereocenters. The second-order valence-corrected chi connectivity index (χ2v) is 21.3. The molecular formula is C21H42N4O5Si2. The lowest BCUT2D eigenvalue weighted by molar-refractivity contribution is -0.0482. The second-order valence-electron chi connectivity index (χ2n) is 11.7. The number of nitrogens with zero attached hydrogens (tertiary/aromatic N) is 2. The number of aliphatic hydroxyl groups is 1. The predicted molar refractivity (Wildman–Crippen MR) is 130 cm³/mol. The third-order valence-electron chi connectivity index (χ3n) is 7.30. The maximum atomic E-state index is 11.7. The van der Waals surface area contributed by atoms with Gasteiger partial charge in [-0.05, 0) is 36.3 Å². The van der Waals surface area contributed by atoms with Gasteiger partial charge in [0.25, 0.3) is 5.91 Å². The van der Waals surface area contributed by atoms with Gasteiger partial charge in [-0.3, -0.25) is 9.36 Å². The summed E-state index contributed by atoms with van der Waals surface area (Å²) in [7, 11) is -4.33. The zero-order valence-corrected chi connectivity index (χ0v) is 23.2. The molecule has 184 valence electrons. The summed E-state index contributed by atoms with van der Waals surface area (Å²) < 4.78 is 20.7. The van der Waals surface area contributed by atoms with E-state index in [-0.39, 0.29) is 28.2 Å². The van der Waals surface area contributed by atoms with Crippen LogP contribution in [0.3, 0.4) is 0 Å². The van der Waals surface area contributed by atoms with Gasteiger partial charge in [0.1, 0.15) is 24.1 Å². The summed E-state index contributed by atoms with van der Waals surface area (Å²) >= 11 is 0. The first-order valence-corrected chi connectivity index (χ1v) is 16.9. The summed E-state index contributed by atoms with van der Waals surface area (Å²) in [6.45, 7) is 21.7. The largest absolute Gasteiger partial charge is 0.414 e. The highest BCUT2D eigenvalue weighted by Gasteiger charge is 2.51. The van der Waals surface area contributed by atoms with E-state index in [1.807, 2.05) is 0 Å². The van der Waals surface area contributed by atoms with Gasteiger partial charge in [-0.15, -0.1) is 0 Å². The molecule has 1 fully saturated rings. The van der Waals surface area contributed by atoms with Crippen molar-refractivity contribution in [1.82, 2.24) is 9.55 Å². The number of anilines is 1. The number of primary amides is 1. The van der Waals surface area contributed by atoms with E-state index in [9.17, 15) is 9.90 Å². The molecule has 1 amide bonds. The van der Waals surface area contributed by atoms with E-state index in [2.05, 4.69) is 72.7 Å². The van der Waals surface area contributed by atoms with Crippen molar-refractivity contribution in [3.05, 3.63) is 12.0 Å². The van der Waals surface area contributed by atoms with Crippen LogP contribution in [0.4, 0.5) is 5.82 Å². The number of imidazole rings is 1. The second kappa shape index (κ2) is 8.84. The molecule has 0 saturated carbocycles. The van der Waals surface area contributed by atoms with E-state index < -0.39 is 47.1 Å². The lowest BCUT2D eigenvalue weighted by atomic mass is 10.1. The number of hydrogen-bond donors (Lipinski definition) is 3. The Balaban J connectivity index is 2.37. The molecule has 0 spiro atoms. The number of aliphatic hydroxyl groups excluding tert-OH is 1. The van der Waals surface area contributed by atoms with Crippen molar-refractivity contribution >= 4 is 28.4 Å². The number of aromatic nitrogens is 2. The van der Waals surface area contributed by atoms with Gasteiger partial charge in [0, 0.05) is 0 Å². The molecule has 1 aromatic rings. The molecular weight excluding hydrogens is 444 g/mol. The molecule has 0 bridgehead atoms. The molecule has 1 saturated heterocycles. The van der Waals surface area contributed by atoms with Crippen molar-refractivity contribution in [2.45, 2.75) is 102 Å². The Morgan fingerprint density at radius 3 is 2.12 bits per heavy atom. The number of carbonyl (C=O) groups excluding carboxylic acids is 1. The maximum absolute atomic E-state index is 11.7. The summed E-state index contributed by atoms with van der Waals surface area (Å²) in [4.78, 5) is 15.7. The standard InChI is InChI=1S/C21H42N4O5Si2/c1-20(2,3)31(7,8)28-11-13-15(26)16(30-32(9,10)21(4,5)6)19(29-13)25-12-24-14(17(25)22)18(23)27/h12-13,15-16,19,26H,11,22H2,1-10H3,(H2,23,27)/t13-,15-,16-,19+/m1/s1. The fourth-order valence-electron chi connectivity index (χ4n) is 2.99. The van der Waals surface area contributed by atoms with Crippen LogP contribution in [-0.4, -0.2) is 62.1 Å². The molecule has 1 aliphatic rings. The minimum Gasteiger partial charge on any atom is -0.414 e. The van der Waals surface area contributed by atoms with E-state index >= 15 is 0 Å². The Labute approximate surface area is 194 Å². The van der Waals surface area contributed by atoms with Crippen LogP contribution in [-0.2, 0) is 13.6 Å². The summed E-state index contributed by atoms with van der Waals surface area (Å²) in [5.74, 6) is -0.635. The smallest absolute Gasteiger partial charge is 0.271 e. The molecule has 1 aromatic heterocycles. The average Bonchev–Trinajstić information content (AvgIpc) is 3.12. The van der Waals surface area contributed by atoms with E-state index in [0.717, 1.165) is 0 Å². The van der Waals surface area contributed by atoms with Gasteiger partial charge in [0.2, 0.25) is 0 Å². The van der Waals surface area contributed by atoms with Gasteiger partial charge in [0.05, 0.1) is 12.9 Å². The quantitative estimate of drug-likeness (QED) is 0.503. The number of nitrogen functional groups attached to an aromatic ring is 1. The van der Waals surface area contributed by atoms with E-state index in [1.54, 1.807) is 0 Å². The zero-order valence-electron chi connectivity index (χ0n) is 21.2. The van der Waals surface area contributed by atoms with Crippen molar-refractivity contribution in [2.24, 2.45) is 5.73 Å². The molecule has 0 aliphatic carbocycles. The van der Waals surface area contributed by atoms with Crippen molar-refractivity contribution in [3.8, 4) is 0 Å². The third kappa shape index (κ3) is 5.28. The van der Waals surface area contributed by atoms with E-state index in [1.165, 1.54) is 10.9 Å². The highest BCUT2D eigenvalue weighted by atomic mass is 28.4. The summed E-state index contributed by atoms with van der Waals surface area (Å²) in [5, 5.41) is 11.2. The van der Waals surface area contributed by atoms with Crippen LogP contribution in [0.1, 0.15) is 58.3 Å². The molecule has 5 N–H and O–H groups in total. The van der Waals surface area contributed by atoms with Gasteiger partial charge < -0.3 is 30.2 Å². The monoisotopic (exact) mass is 486 g/mol. The molecule has 4 atom stereocenters. The average molecular weight is 487 g/mol. The van der Waals surface area contributed by atoms with Gasteiger partial charge in [-0.25, -0.2) is 4.98 Å². The maximum Gasteiger partial charge on any atom is 0.271 e. The SMILES string of the molecule is CC(C)(C)[Si](C)(C)OC[C@H]1O[C@H](n2cnc(C(N)=O)c2N)[C@H](O[Si](C)(C)C(C)(C)C)[C@@H]1O. The third-order valence-corrected chi connectivity index (χ3v) is 16.3. The van der Waals surface area contributed by atoms with Crippen molar-refractivity contribution in [1.29, 1.82) is 0 Å². The fourth-order valence-corrected chi connectivity index (χ4v) is 5.30. The van der Waals surface area contributed by atoms with Crippen LogP contribution in [0, 0.1) is 0 Å².